The fraction of sp³-hybridized carbons (Fsp3) is 0.143. The van der Waals surface area contributed by atoms with Gasteiger partial charge in [0.1, 0.15) is 0 Å². The van der Waals surface area contributed by atoms with E-state index in [4.69, 9.17) is 5.73 Å². The number of benzene rings is 2. The summed E-state index contributed by atoms with van der Waals surface area (Å²) >= 11 is 0. The third kappa shape index (κ3) is 12.4. The Balaban J connectivity index is 2.56. The summed E-state index contributed by atoms with van der Waals surface area (Å²) in [5.74, 6) is 0. The number of hydrogen-bond donors (Lipinski definition) is 1. The van der Waals surface area contributed by atoms with Gasteiger partial charge in [-0.25, -0.2) is 0 Å². The van der Waals surface area contributed by atoms with Gasteiger partial charge in [0, 0.05) is 6.54 Å². The van der Waals surface area contributed by atoms with Crippen LogP contribution in [0.4, 0.5) is 0 Å². The summed E-state index contributed by atoms with van der Waals surface area (Å²) in [6, 6.07) is 15.5. The Morgan fingerprint density at radius 1 is 0.744 bits per heavy atom. The molecule has 0 amide bonds. The molecule has 0 saturated heterocycles. The minimum absolute atomic E-state index is 0.533. The highest BCUT2D eigenvalue weighted by molar-refractivity contribution is 5.80. The van der Waals surface area contributed by atoms with E-state index in [9.17, 15) is 0 Å². The summed E-state index contributed by atoms with van der Waals surface area (Å²) < 4.78 is 0. The van der Waals surface area contributed by atoms with Gasteiger partial charge in [-0.3, -0.25) is 0 Å². The molecule has 0 aliphatic carbocycles. The molecular formula is C42H47N. The molecular weight excluding hydrogens is 518 g/mol. The van der Waals surface area contributed by atoms with Gasteiger partial charge in [-0.2, -0.15) is 0 Å². The summed E-state index contributed by atoms with van der Waals surface area (Å²) in [6.07, 6.45) is 33.4. The first-order chi connectivity index (χ1) is 20.8. The predicted octanol–water partition coefficient (Wildman–Crippen LogP) is 11.3. The highest BCUT2D eigenvalue weighted by Gasteiger charge is 2.07. The van der Waals surface area contributed by atoms with E-state index < -0.39 is 0 Å². The second-order valence-electron chi connectivity index (χ2n) is 10.2. The highest BCUT2D eigenvalue weighted by Crippen LogP contribution is 2.29. The zero-order valence-electron chi connectivity index (χ0n) is 26.4. The molecule has 220 valence electrons. The molecule has 0 fully saturated rings. The molecule has 2 aromatic carbocycles. The lowest BCUT2D eigenvalue weighted by molar-refractivity contribution is 1.25. The van der Waals surface area contributed by atoms with Crippen LogP contribution in [0.1, 0.15) is 44.4 Å². The van der Waals surface area contributed by atoms with Crippen molar-refractivity contribution in [2.24, 2.45) is 5.73 Å². The molecule has 2 aromatic rings. The summed E-state index contributed by atoms with van der Waals surface area (Å²) in [7, 11) is 0. The molecule has 0 spiro atoms. The first kappa shape index (κ1) is 34.5. The molecule has 2 rings (SSSR count). The number of nitrogens with two attached hydrogens (primary N) is 1. The first-order valence-corrected chi connectivity index (χ1v) is 14.8. The van der Waals surface area contributed by atoms with E-state index >= 15 is 0 Å². The third-order valence-electron chi connectivity index (χ3n) is 6.74. The zero-order valence-corrected chi connectivity index (χ0v) is 26.4. The van der Waals surface area contributed by atoms with Crippen LogP contribution in [-0.4, -0.2) is 6.54 Å². The summed E-state index contributed by atoms with van der Waals surface area (Å²) in [4.78, 5) is 0. The molecule has 0 aromatic heterocycles. The van der Waals surface area contributed by atoms with E-state index in [0.717, 1.165) is 45.4 Å². The zero-order chi connectivity index (χ0) is 31.5. The van der Waals surface area contributed by atoms with Crippen LogP contribution in [-0.2, 0) is 6.42 Å². The average molecular weight is 566 g/mol. The predicted molar refractivity (Wildman–Crippen MR) is 195 cm³/mol. The topological polar surface area (TPSA) is 26.0 Å². The van der Waals surface area contributed by atoms with Crippen LogP contribution in [0.5, 0.6) is 0 Å². The van der Waals surface area contributed by atoms with Crippen molar-refractivity contribution in [2.75, 3.05) is 6.54 Å². The van der Waals surface area contributed by atoms with E-state index in [1.54, 1.807) is 6.08 Å². The molecule has 1 heteroatoms. The van der Waals surface area contributed by atoms with Crippen molar-refractivity contribution in [1.82, 2.24) is 0 Å². The van der Waals surface area contributed by atoms with E-state index in [-0.39, 0.29) is 0 Å². The van der Waals surface area contributed by atoms with E-state index in [1.165, 1.54) is 16.7 Å². The fourth-order valence-corrected chi connectivity index (χ4v) is 4.17. The Kier molecular flexibility index (Phi) is 15.6. The maximum Gasteiger partial charge on any atom is 0.0109 e. The molecule has 0 heterocycles. The molecule has 0 aliphatic heterocycles. The van der Waals surface area contributed by atoms with Crippen molar-refractivity contribution in [2.45, 2.75) is 34.1 Å². The van der Waals surface area contributed by atoms with Crippen LogP contribution in [0.25, 0.3) is 22.8 Å². The van der Waals surface area contributed by atoms with Gasteiger partial charge in [0.25, 0.3) is 0 Å². The van der Waals surface area contributed by atoms with Gasteiger partial charge in [-0.15, -0.1) is 0 Å². The van der Waals surface area contributed by atoms with Crippen molar-refractivity contribution in [1.29, 1.82) is 0 Å². The summed E-state index contributed by atoms with van der Waals surface area (Å²) in [5, 5.41) is 0. The van der Waals surface area contributed by atoms with Crippen LogP contribution in [0.2, 0.25) is 0 Å². The van der Waals surface area contributed by atoms with Crippen LogP contribution < -0.4 is 5.73 Å². The Labute approximate surface area is 261 Å². The van der Waals surface area contributed by atoms with Crippen LogP contribution in [0.3, 0.4) is 0 Å². The molecule has 0 aliphatic rings. The van der Waals surface area contributed by atoms with Gasteiger partial charge in [0.05, 0.1) is 0 Å². The van der Waals surface area contributed by atoms with Crippen LogP contribution in [0.15, 0.2) is 176 Å². The van der Waals surface area contributed by atoms with E-state index in [0.29, 0.717) is 6.54 Å². The monoisotopic (exact) mass is 565 g/mol. The van der Waals surface area contributed by atoms with Gasteiger partial charge >= 0.3 is 0 Å². The minimum atomic E-state index is 0.533. The largest absolute Gasteiger partial charge is 0.327 e. The van der Waals surface area contributed by atoms with Crippen molar-refractivity contribution in [3.05, 3.63) is 192 Å². The molecule has 2 N–H and O–H groups in total. The van der Waals surface area contributed by atoms with Crippen molar-refractivity contribution >= 4 is 11.6 Å². The first-order valence-electron chi connectivity index (χ1n) is 14.8. The second-order valence-corrected chi connectivity index (χ2v) is 10.2. The van der Waals surface area contributed by atoms with Crippen molar-refractivity contribution in [3.63, 3.8) is 0 Å². The SMILES string of the molecule is C=C/C=C\C=C(/C)C(=C)/C=C(\C=C(/C)C(=C)/C=C\C=C/C)c1ccc(-c2cc(/C=C/C=C\CN)cc(C/C=C\C)c2)cc1. The highest BCUT2D eigenvalue weighted by atomic mass is 14.5. The smallest absolute Gasteiger partial charge is 0.0109 e. The van der Waals surface area contributed by atoms with Gasteiger partial charge < -0.3 is 5.73 Å². The molecule has 0 unspecified atom stereocenters. The Bertz CT molecular complexity index is 1520. The van der Waals surface area contributed by atoms with Gasteiger partial charge in [-0.05, 0) is 102 Å². The van der Waals surface area contributed by atoms with Crippen molar-refractivity contribution in [3.8, 4) is 11.1 Å². The lowest BCUT2D eigenvalue weighted by atomic mass is 9.93. The standard InChI is InChI=1S/C42H47N/c1-8-11-15-19-33(4)35(6)28-41(29-36(7)34(5)20-16-12-9-2)39-23-25-40(26-24-39)42-31-37(21-13-10-3)30-38(32-42)22-17-14-18-27-43/h8-20,22-26,28-32H,1,5-6,21,27,43H2,2-4,7H3/b12-9-,13-10-,15-11-,18-14-,20-16-,22-17+,33-19+,36-29+,41-28+. The third-order valence-corrected chi connectivity index (χ3v) is 6.74. The lowest BCUT2D eigenvalue weighted by Gasteiger charge is -2.11. The Morgan fingerprint density at radius 3 is 2.19 bits per heavy atom. The molecule has 0 saturated carbocycles. The Morgan fingerprint density at radius 2 is 1.51 bits per heavy atom. The van der Waals surface area contributed by atoms with Crippen LogP contribution >= 0.6 is 0 Å². The normalized spacial score (nSPS) is 13.6. The average Bonchev–Trinajstić information content (AvgIpc) is 3.01. The van der Waals surface area contributed by atoms with Gasteiger partial charge in [-0.1, -0.05) is 147 Å². The van der Waals surface area contributed by atoms with Crippen molar-refractivity contribution < 1.29 is 0 Å². The minimum Gasteiger partial charge on any atom is -0.327 e. The number of rotatable bonds is 15. The maximum atomic E-state index is 5.59. The lowest BCUT2D eigenvalue weighted by Crippen LogP contribution is -1.91. The van der Waals surface area contributed by atoms with Gasteiger partial charge in [0.2, 0.25) is 0 Å². The molecule has 0 bridgehead atoms. The molecule has 1 nitrogen and oxygen atoms in total. The Hall–Kier alpha value is -4.72. The van der Waals surface area contributed by atoms with E-state index in [1.807, 2.05) is 61.6 Å². The van der Waals surface area contributed by atoms with E-state index in [2.05, 4.69) is 119 Å². The summed E-state index contributed by atoms with van der Waals surface area (Å²) in [5.41, 5.74) is 16.7. The number of hydrogen-bond acceptors (Lipinski definition) is 1. The fourth-order valence-electron chi connectivity index (χ4n) is 4.17. The van der Waals surface area contributed by atoms with Gasteiger partial charge in [0.15, 0.2) is 0 Å². The quantitative estimate of drug-likeness (QED) is 0.169. The molecule has 43 heavy (non-hydrogen) atoms. The molecule has 0 radical (unpaired) electrons. The summed E-state index contributed by atoms with van der Waals surface area (Å²) in [6.45, 7) is 21.1. The molecule has 0 atom stereocenters. The number of allylic oxidation sites excluding steroid dienone is 19. The maximum absolute atomic E-state index is 5.59. The van der Waals surface area contributed by atoms with Crippen LogP contribution in [0, 0.1) is 0 Å². The second kappa shape index (κ2) is 19.4.